The van der Waals surface area contributed by atoms with E-state index < -0.39 is 28.0 Å². The largest absolute Gasteiger partial charge is 0.387 e. The van der Waals surface area contributed by atoms with Gasteiger partial charge in [-0.3, -0.25) is 4.68 Å². The summed E-state index contributed by atoms with van der Waals surface area (Å²) >= 11 is 0. The Kier molecular flexibility index (Phi) is 4.94. The summed E-state index contributed by atoms with van der Waals surface area (Å²) in [6, 6.07) is 4.90. The fourth-order valence-electron chi connectivity index (χ4n) is 2.11. The number of nitrogens with zero attached hydrogens (tertiary/aromatic N) is 2. The van der Waals surface area contributed by atoms with E-state index in [1.807, 2.05) is 0 Å². The standard InChI is InChI=1S/C14H18FN3O3S/c1-3-13(14(19)11-6-4-5-7-12(11)15)17-22(20,21)10-8-16-18(2)9-10/h4-9,13-14,17,19H,3H2,1-2H3/t13-,14-/m1/s1. The molecular formula is C14H18FN3O3S. The van der Waals surface area contributed by atoms with Gasteiger partial charge in [0, 0.05) is 18.8 Å². The molecule has 0 bridgehead atoms. The summed E-state index contributed by atoms with van der Waals surface area (Å²) in [7, 11) is -2.23. The van der Waals surface area contributed by atoms with Gasteiger partial charge >= 0.3 is 0 Å². The number of aryl methyl sites for hydroxylation is 1. The molecule has 2 atom stereocenters. The van der Waals surface area contributed by atoms with Crippen LogP contribution in [0.2, 0.25) is 0 Å². The van der Waals surface area contributed by atoms with Gasteiger partial charge in [0.25, 0.3) is 0 Å². The van der Waals surface area contributed by atoms with Crippen LogP contribution in [0.4, 0.5) is 4.39 Å². The highest BCUT2D eigenvalue weighted by Crippen LogP contribution is 2.23. The molecule has 1 aromatic carbocycles. The molecule has 0 amide bonds. The van der Waals surface area contributed by atoms with Crippen LogP contribution in [0.15, 0.2) is 41.6 Å². The van der Waals surface area contributed by atoms with Crippen LogP contribution in [0.5, 0.6) is 0 Å². The van der Waals surface area contributed by atoms with Crippen molar-refractivity contribution in [3.63, 3.8) is 0 Å². The van der Waals surface area contributed by atoms with Crippen molar-refractivity contribution in [2.24, 2.45) is 7.05 Å². The summed E-state index contributed by atoms with van der Waals surface area (Å²) in [5, 5.41) is 14.1. The molecule has 0 aliphatic heterocycles. The number of halogens is 1. The van der Waals surface area contributed by atoms with Gasteiger partial charge in [-0.15, -0.1) is 0 Å². The molecule has 2 rings (SSSR count). The lowest BCUT2D eigenvalue weighted by atomic mass is 10.0. The van der Waals surface area contributed by atoms with E-state index in [-0.39, 0.29) is 10.5 Å². The maximum atomic E-state index is 13.7. The molecule has 22 heavy (non-hydrogen) atoms. The second kappa shape index (κ2) is 6.55. The highest BCUT2D eigenvalue weighted by molar-refractivity contribution is 7.89. The van der Waals surface area contributed by atoms with Crippen LogP contribution in [-0.2, 0) is 17.1 Å². The molecule has 120 valence electrons. The van der Waals surface area contributed by atoms with Crippen molar-refractivity contribution in [2.45, 2.75) is 30.4 Å². The molecule has 0 unspecified atom stereocenters. The van der Waals surface area contributed by atoms with Crippen LogP contribution in [0.3, 0.4) is 0 Å². The topological polar surface area (TPSA) is 84.2 Å². The van der Waals surface area contributed by atoms with Crippen molar-refractivity contribution in [1.29, 1.82) is 0 Å². The third kappa shape index (κ3) is 3.52. The van der Waals surface area contributed by atoms with Gasteiger partial charge in [-0.25, -0.2) is 17.5 Å². The van der Waals surface area contributed by atoms with E-state index >= 15 is 0 Å². The number of rotatable bonds is 6. The summed E-state index contributed by atoms with van der Waals surface area (Å²) in [4.78, 5) is -0.00539. The minimum atomic E-state index is -3.83. The average molecular weight is 327 g/mol. The van der Waals surface area contributed by atoms with Gasteiger partial charge in [0.15, 0.2) is 0 Å². The van der Waals surface area contributed by atoms with Crippen LogP contribution in [0, 0.1) is 5.82 Å². The number of nitrogens with one attached hydrogen (secondary N) is 1. The molecule has 0 fully saturated rings. The lowest BCUT2D eigenvalue weighted by molar-refractivity contribution is 0.133. The maximum absolute atomic E-state index is 13.7. The third-order valence-electron chi connectivity index (χ3n) is 3.34. The molecule has 2 aromatic rings. The Labute approximate surface area is 128 Å². The van der Waals surface area contributed by atoms with Gasteiger partial charge in [0.2, 0.25) is 10.0 Å². The Morgan fingerprint density at radius 2 is 2.09 bits per heavy atom. The number of hydrogen-bond donors (Lipinski definition) is 2. The van der Waals surface area contributed by atoms with E-state index in [0.717, 1.165) is 0 Å². The van der Waals surface area contributed by atoms with Crippen molar-refractivity contribution < 1.29 is 17.9 Å². The molecule has 2 N–H and O–H groups in total. The van der Waals surface area contributed by atoms with Crippen LogP contribution >= 0.6 is 0 Å². The number of aromatic nitrogens is 2. The first-order valence-electron chi connectivity index (χ1n) is 6.78. The highest BCUT2D eigenvalue weighted by Gasteiger charge is 2.27. The van der Waals surface area contributed by atoms with E-state index in [1.54, 1.807) is 20.0 Å². The van der Waals surface area contributed by atoms with E-state index in [4.69, 9.17) is 0 Å². The van der Waals surface area contributed by atoms with Crippen molar-refractivity contribution in [3.05, 3.63) is 48.0 Å². The molecule has 0 radical (unpaired) electrons. The van der Waals surface area contributed by atoms with Crippen molar-refractivity contribution >= 4 is 10.0 Å². The second-order valence-electron chi connectivity index (χ2n) is 4.95. The SMILES string of the molecule is CC[C@@H](NS(=O)(=O)c1cnn(C)c1)[C@H](O)c1ccccc1F. The first-order valence-corrected chi connectivity index (χ1v) is 8.27. The molecule has 1 aromatic heterocycles. The molecule has 0 aliphatic rings. The van der Waals surface area contributed by atoms with E-state index in [0.29, 0.717) is 6.42 Å². The smallest absolute Gasteiger partial charge is 0.244 e. The average Bonchev–Trinajstić information content (AvgIpc) is 2.92. The normalized spacial score (nSPS) is 14.7. The quantitative estimate of drug-likeness (QED) is 0.839. The predicted octanol–water partition coefficient (Wildman–Crippen LogP) is 1.35. The van der Waals surface area contributed by atoms with Gasteiger partial charge in [-0.1, -0.05) is 25.1 Å². The molecule has 8 heteroatoms. The van der Waals surface area contributed by atoms with E-state index in [1.165, 1.54) is 35.3 Å². The Morgan fingerprint density at radius 1 is 1.41 bits per heavy atom. The van der Waals surface area contributed by atoms with E-state index in [9.17, 15) is 17.9 Å². The molecule has 6 nitrogen and oxygen atoms in total. The van der Waals surface area contributed by atoms with Gasteiger partial charge in [0.1, 0.15) is 10.7 Å². The summed E-state index contributed by atoms with van der Waals surface area (Å²) in [6.45, 7) is 1.71. The van der Waals surface area contributed by atoms with Crippen LogP contribution in [-0.4, -0.2) is 29.3 Å². The third-order valence-corrected chi connectivity index (χ3v) is 4.79. The Bertz CT molecular complexity index is 745. The Morgan fingerprint density at radius 3 is 2.64 bits per heavy atom. The lowest BCUT2D eigenvalue weighted by Crippen LogP contribution is -2.39. The molecule has 0 saturated carbocycles. The molecule has 0 aliphatic carbocycles. The van der Waals surface area contributed by atoms with Gasteiger partial charge in [-0.05, 0) is 12.5 Å². The lowest BCUT2D eigenvalue weighted by Gasteiger charge is -2.23. The minimum Gasteiger partial charge on any atom is -0.387 e. The van der Waals surface area contributed by atoms with Crippen LogP contribution in [0.25, 0.3) is 0 Å². The number of aliphatic hydroxyl groups is 1. The maximum Gasteiger partial charge on any atom is 0.244 e. The number of hydrogen-bond acceptors (Lipinski definition) is 4. The summed E-state index contributed by atoms with van der Waals surface area (Å²) in [5.74, 6) is -0.575. The van der Waals surface area contributed by atoms with Gasteiger partial charge < -0.3 is 5.11 Å². The molecule has 0 spiro atoms. The zero-order valence-corrected chi connectivity index (χ0v) is 13.1. The van der Waals surface area contributed by atoms with Crippen molar-refractivity contribution in [2.75, 3.05) is 0 Å². The van der Waals surface area contributed by atoms with Crippen molar-refractivity contribution in [3.8, 4) is 0 Å². The number of aliphatic hydroxyl groups excluding tert-OH is 1. The van der Waals surface area contributed by atoms with Crippen LogP contribution < -0.4 is 4.72 Å². The molecular weight excluding hydrogens is 309 g/mol. The first-order chi connectivity index (χ1) is 10.3. The number of benzene rings is 1. The summed E-state index contributed by atoms with van der Waals surface area (Å²) < 4.78 is 42.0. The fourth-order valence-corrected chi connectivity index (χ4v) is 3.42. The van der Waals surface area contributed by atoms with Gasteiger partial charge in [0.05, 0.1) is 18.3 Å². The van der Waals surface area contributed by atoms with Crippen LogP contribution in [0.1, 0.15) is 25.0 Å². The minimum absolute atomic E-state index is 0.00539. The zero-order valence-electron chi connectivity index (χ0n) is 12.3. The fraction of sp³-hybridized carbons (Fsp3) is 0.357. The molecule has 0 saturated heterocycles. The number of sulfonamides is 1. The predicted molar refractivity (Wildman–Crippen MR) is 79.0 cm³/mol. The summed E-state index contributed by atoms with van der Waals surface area (Å²) in [6.07, 6.45) is 1.59. The van der Waals surface area contributed by atoms with Crippen molar-refractivity contribution in [1.82, 2.24) is 14.5 Å². The Hall–Kier alpha value is -1.77. The molecule has 1 heterocycles. The zero-order chi connectivity index (χ0) is 16.3. The monoisotopic (exact) mass is 327 g/mol. The van der Waals surface area contributed by atoms with Gasteiger partial charge in [-0.2, -0.15) is 5.10 Å². The van der Waals surface area contributed by atoms with E-state index in [2.05, 4.69) is 9.82 Å². The second-order valence-corrected chi connectivity index (χ2v) is 6.67. The summed E-state index contributed by atoms with van der Waals surface area (Å²) in [5.41, 5.74) is 0.0586. The first kappa shape index (κ1) is 16.6. The highest BCUT2D eigenvalue weighted by atomic mass is 32.2. The Balaban J connectivity index is 2.24.